The summed E-state index contributed by atoms with van der Waals surface area (Å²) in [5.74, 6) is -0.243. The number of rotatable bonds is 8. The topological polar surface area (TPSA) is 93.5 Å². The molecule has 0 aliphatic carbocycles. The lowest BCUT2D eigenvalue weighted by atomic mass is 10.2. The summed E-state index contributed by atoms with van der Waals surface area (Å²) in [6.45, 7) is 9.27. The molecule has 6 nitrogen and oxygen atoms in total. The first-order valence-electron chi connectivity index (χ1n) is 9.98. The van der Waals surface area contributed by atoms with Crippen molar-refractivity contribution in [3.63, 3.8) is 0 Å². The number of nitrogen functional groups attached to an aromatic ring is 1. The third-order valence-electron chi connectivity index (χ3n) is 4.08. The third kappa shape index (κ3) is 9.76. The van der Waals surface area contributed by atoms with Gasteiger partial charge in [-0.1, -0.05) is 25.1 Å². The van der Waals surface area contributed by atoms with Crippen LogP contribution in [0, 0.1) is 6.92 Å². The zero-order valence-corrected chi connectivity index (χ0v) is 17.8. The number of esters is 1. The molecule has 0 spiro atoms. The first-order chi connectivity index (χ1) is 13.9. The zero-order chi connectivity index (χ0) is 21.6. The molecule has 2 aromatic carbocycles. The third-order valence-corrected chi connectivity index (χ3v) is 4.08. The molecule has 1 amide bonds. The first-order valence-corrected chi connectivity index (χ1v) is 9.98. The fraction of sp³-hybridized carbons (Fsp3) is 0.391. The summed E-state index contributed by atoms with van der Waals surface area (Å²) >= 11 is 0. The molecule has 6 heteroatoms. The maximum Gasteiger partial charge on any atom is 0.338 e. The molecule has 0 aliphatic rings. The van der Waals surface area contributed by atoms with E-state index in [0.29, 0.717) is 24.3 Å². The van der Waals surface area contributed by atoms with Gasteiger partial charge in [0.15, 0.2) is 0 Å². The van der Waals surface area contributed by atoms with Gasteiger partial charge in [-0.15, -0.1) is 0 Å². The quantitative estimate of drug-likeness (QED) is 0.458. The van der Waals surface area contributed by atoms with Crippen LogP contribution in [0.4, 0.5) is 11.4 Å². The van der Waals surface area contributed by atoms with Gasteiger partial charge in [0.25, 0.3) is 0 Å². The van der Waals surface area contributed by atoms with Crippen molar-refractivity contribution in [2.75, 3.05) is 24.2 Å². The standard InChI is InChI=1S/C14H22N2O.C9H11NO2/c1-4-9-15-12(3)10-14(17)16-13-8-6-5-7-11(13)2;1-2-12-9(11)7-3-5-8(10)6-4-7/h5-8,12,15H,4,9-10H2,1-3H3,(H,16,17);3-6H,2,10H2,1H3. The highest BCUT2D eigenvalue weighted by atomic mass is 16.5. The van der Waals surface area contributed by atoms with Crippen molar-refractivity contribution in [2.24, 2.45) is 0 Å². The number of hydrogen-bond acceptors (Lipinski definition) is 5. The molecule has 0 radical (unpaired) electrons. The van der Waals surface area contributed by atoms with Crippen molar-refractivity contribution in [3.8, 4) is 0 Å². The van der Waals surface area contributed by atoms with E-state index in [0.717, 1.165) is 24.2 Å². The average molecular weight is 400 g/mol. The molecule has 0 fully saturated rings. The maximum atomic E-state index is 11.8. The Morgan fingerprint density at radius 3 is 2.31 bits per heavy atom. The minimum Gasteiger partial charge on any atom is -0.462 e. The van der Waals surface area contributed by atoms with Crippen molar-refractivity contribution in [1.82, 2.24) is 5.32 Å². The predicted octanol–water partition coefficient (Wildman–Crippen LogP) is 4.16. The normalized spacial score (nSPS) is 11.0. The van der Waals surface area contributed by atoms with Crippen LogP contribution in [-0.4, -0.2) is 31.1 Å². The zero-order valence-electron chi connectivity index (χ0n) is 17.8. The second kappa shape index (κ2) is 13.3. The molecular weight excluding hydrogens is 366 g/mol. The van der Waals surface area contributed by atoms with Gasteiger partial charge in [0, 0.05) is 23.8 Å². The van der Waals surface area contributed by atoms with Crippen LogP contribution in [0.2, 0.25) is 0 Å². The Balaban J connectivity index is 0.000000308. The molecule has 0 aromatic heterocycles. The summed E-state index contributed by atoms with van der Waals surface area (Å²) in [4.78, 5) is 22.9. The van der Waals surface area contributed by atoms with Crippen LogP contribution in [0.25, 0.3) is 0 Å². The largest absolute Gasteiger partial charge is 0.462 e. The second-order valence-electron chi connectivity index (χ2n) is 6.76. The van der Waals surface area contributed by atoms with Gasteiger partial charge in [0.1, 0.15) is 0 Å². The molecule has 1 unspecified atom stereocenters. The van der Waals surface area contributed by atoms with E-state index >= 15 is 0 Å². The number of anilines is 2. The van der Waals surface area contributed by atoms with Crippen LogP contribution in [0.15, 0.2) is 48.5 Å². The first kappa shape index (κ1) is 24.2. The van der Waals surface area contributed by atoms with E-state index in [-0.39, 0.29) is 17.9 Å². The number of nitrogens with one attached hydrogen (secondary N) is 2. The van der Waals surface area contributed by atoms with E-state index in [2.05, 4.69) is 17.6 Å². The molecule has 2 aromatic rings. The Morgan fingerprint density at radius 2 is 1.72 bits per heavy atom. The summed E-state index contributed by atoms with van der Waals surface area (Å²) in [7, 11) is 0. The molecule has 0 bridgehead atoms. The molecule has 0 saturated heterocycles. The van der Waals surface area contributed by atoms with Gasteiger partial charge in [-0.2, -0.15) is 0 Å². The Morgan fingerprint density at radius 1 is 1.07 bits per heavy atom. The minimum atomic E-state index is -0.308. The number of amides is 1. The van der Waals surface area contributed by atoms with Gasteiger partial charge in [-0.25, -0.2) is 4.79 Å². The van der Waals surface area contributed by atoms with Crippen LogP contribution in [0.1, 0.15) is 49.5 Å². The monoisotopic (exact) mass is 399 g/mol. The van der Waals surface area contributed by atoms with Crippen molar-refractivity contribution in [3.05, 3.63) is 59.7 Å². The van der Waals surface area contributed by atoms with Gasteiger partial charge >= 0.3 is 5.97 Å². The maximum absolute atomic E-state index is 11.8. The highest BCUT2D eigenvalue weighted by molar-refractivity contribution is 5.91. The van der Waals surface area contributed by atoms with E-state index in [4.69, 9.17) is 10.5 Å². The molecule has 158 valence electrons. The van der Waals surface area contributed by atoms with Gasteiger partial charge in [-0.05, 0) is 69.6 Å². The summed E-state index contributed by atoms with van der Waals surface area (Å²) in [5.41, 5.74) is 8.62. The van der Waals surface area contributed by atoms with Crippen molar-refractivity contribution in [2.45, 2.75) is 46.6 Å². The van der Waals surface area contributed by atoms with Crippen molar-refractivity contribution < 1.29 is 14.3 Å². The number of ether oxygens (including phenoxy) is 1. The number of aryl methyl sites for hydroxylation is 1. The molecule has 29 heavy (non-hydrogen) atoms. The summed E-state index contributed by atoms with van der Waals surface area (Å²) in [6.07, 6.45) is 1.60. The molecule has 0 aliphatic heterocycles. The summed E-state index contributed by atoms with van der Waals surface area (Å²) < 4.78 is 4.79. The minimum absolute atomic E-state index is 0.0652. The van der Waals surface area contributed by atoms with Crippen molar-refractivity contribution >= 4 is 23.3 Å². The summed E-state index contributed by atoms with van der Waals surface area (Å²) in [5, 5.41) is 6.24. The van der Waals surface area contributed by atoms with Crippen LogP contribution >= 0.6 is 0 Å². The lowest BCUT2D eigenvalue weighted by molar-refractivity contribution is -0.116. The van der Waals surface area contributed by atoms with Gasteiger partial charge in [0.2, 0.25) is 5.91 Å². The Hall–Kier alpha value is -2.86. The lowest BCUT2D eigenvalue weighted by Crippen LogP contribution is -2.31. The lowest BCUT2D eigenvalue weighted by Gasteiger charge is -2.13. The Kier molecular flexibility index (Phi) is 11.1. The SMILES string of the molecule is CCCNC(C)CC(=O)Nc1ccccc1C.CCOC(=O)c1ccc(N)cc1. The molecule has 2 rings (SSSR count). The number of benzene rings is 2. The Bertz CT molecular complexity index is 760. The van der Waals surface area contributed by atoms with E-state index < -0.39 is 0 Å². The predicted molar refractivity (Wildman–Crippen MR) is 119 cm³/mol. The molecule has 0 heterocycles. The van der Waals surface area contributed by atoms with E-state index in [1.165, 1.54) is 0 Å². The molecule has 4 N–H and O–H groups in total. The highest BCUT2D eigenvalue weighted by Gasteiger charge is 2.09. The number of nitrogens with two attached hydrogens (primary N) is 1. The number of carbonyl (C=O) groups is 2. The molecular formula is C23H33N3O3. The van der Waals surface area contributed by atoms with Crippen molar-refractivity contribution in [1.29, 1.82) is 0 Å². The summed E-state index contributed by atoms with van der Waals surface area (Å²) in [6, 6.07) is 14.7. The number of carbonyl (C=O) groups excluding carboxylic acids is 2. The Labute approximate surface area is 173 Å². The second-order valence-corrected chi connectivity index (χ2v) is 6.76. The fourth-order valence-corrected chi connectivity index (χ4v) is 2.49. The van der Waals surface area contributed by atoms with Gasteiger partial charge < -0.3 is 21.1 Å². The van der Waals surface area contributed by atoms with E-state index in [9.17, 15) is 9.59 Å². The average Bonchev–Trinajstić information content (AvgIpc) is 2.69. The fourth-order valence-electron chi connectivity index (χ4n) is 2.49. The van der Waals surface area contributed by atoms with Gasteiger partial charge in [0.05, 0.1) is 12.2 Å². The smallest absolute Gasteiger partial charge is 0.338 e. The van der Waals surface area contributed by atoms with Crippen LogP contribution < -0.4 is 16.4 Å². The van der Waals surface area contributed by atoms with E-state index in [1.54, 1.807) is 31.2 Å². The van der Waals surface area contributed by atoms with E-state index in [1.807, 2.05) is 38.1 Å². The van der Waals surface area contributed by atoms with Crippen LogP contribution in [0.5, 0.6) is 0 Å². The van der Waals surface area contributed by atoms with Gasteiger partial charge in [-0.3, -0.25) is 4.79 Å². The van der Waals surface area contributed by atoms with Crippen LogP contribution in [-0.2, 0) is 9.53 Å². The number of para-hydroxylation sites is 1. The van der Waals surface area contributed by atoms with Crippen LogP contribution in [0.3, 0.4) is 0 Å². The molecule has 1 atom stereocenters. The number of hydrogen-bond donors (Lipinski definition) is 3. The molecule has 0 saturated carbocycles. The highest BCUT2D eigenvalue weighted by Crippen LogP contribution is 2.13.